The second-order valence-electron chi connectivity index (χ2n) is 5.07. The topological polar surface area (TPSA) is 89.8 Å². The lowest BCUT2D eigenvalue weighted by molar-refractivity contribution is -0.125. The van der Waals surface area contributed by atoms with Gasteiger partial charge in [0.1, 0.15) is 0 Å². The highest BCUT2D eigenvalue weighted by atomic mass is 16.2. The smallest absolute Gasteiger partial charge is 0.323 e. The molecule has 20 heavy (non-hydrogen) atoms. The van der Waals surface area contributed by atoms with Crippen molar-refractivity contribution in [2.75, 3.05) is 13.6 Å². The minimum absolute atomic E-state index is 0.00880. The van der Waals surface area contributed by atoms with Crippen molar-refractivity contribution >= 4 is 16.9 Å². The van der Waals surface area contributed by atoms with Gasteiger partial charge in [-0.15, -0.1) is 0 Å². The number of rotatable bonds is 5. The third-order valence-electron chi connectivity index (χ3n) is 3.36. The third-order valence-corrected chi connectivity index (χ3v) is 3.36. The van der Waals surface area contributed by atoms with Crippen LogP contribution in [0.3, 0.4) is 0 Å². The van der Waals surface area contributed by atoms with Crippen LogP contribution in [0.5, 0.6) is 0 Å². The maximum Gasteiger partial charge on any atom is 0.323 e. The highest BCUT2D eigenvalue weighted by molar-refractivity contribution is 5.79. The number of nitrogens with one attached hydrogen (secondary N) is 4. The van der Waals surface area contributed by atoms with E-state index in [0.29, 0.717) is 6.54 Å². The summed E-state index contributed by atoms with van der Waals surface area (Å²) in [5.74, 6) is -0.0762. The molecule has 0 aliphatic rings. The number of imidazole rings is 1. The fourth-order valence-corrected chi connectivity index (χ4v) is 2.16. The zero-order chi connectivity index (χ0) is 14.7. The normalized spacial score (nSPS) is 14.2. The summed E-state index contributed by atoms with van der Waals surface area (Å²) < 4.78 is 0. The molecule has 1 aromatic carbocycles. The Balaban J connectivity index is 2.12. The van der Waals surface area contributed by atoms with Crippen LogP contribution < -0.4 is 16.3 Å². The van der Waals surface area contributed by atoms with Crippen LogP contribution in [-0.4, -0.2) is 29.5 Å². The lowest BCUT2D eigenvalue weighted by Gasteiger charge is -2.17. The summed E-state index contributed by atoms with van der Waals surface area (Å²) in [4.78, 5) is 28.6. The molecular formula is C14H20N4O2. The zero-order valence-electron chi connectivity index (χ0n) is 11.9. The number of carbonyl (C=O) groups excluding carboxylic acids is 1. The molecule has 4 N–H and O–H groups in total. The van der Waals surface area contributed by atoms with Gasteiger partial charge in [0.2, 0.25) is 5.91 Å². The van der Waals surface area contributed by atoms with Crippen LogP contribution in [0.2, 0.25) is 0 Å². The molecule has 0 aliphatic heterocycles. The number of carbonyl (C=O) groups is 1. The summed E-state index contributed by atoms with van der Waals surface area (Å²) in [5, 5.41) is 5.95. The minimum atomic E-state index is -0.225. The fraction of sp³-hybridized carbons (Fsp3) is 0.429. The molecule has 1 heterocycles. The number of aromatic nitrogens is 2. The Morgan fingerprint density at radius 1 is 1.25 bits per heavy atom. The van der Waals surface area contributed by atoms with Gasteiger partial charge in [-0.05, 0) is 31.7 Å². The van der Waals surface area contributed by atoms with E-state index in [1.807, 2.05) is 39.1 Å². The monoisotopic (exact) mass is 276 g/mol. The van der Waals surface area contributed by atoms with E-state index in [9.17, 15) is 9.59 Å². The second kappa shape index (κ2) is 5.92. The molecule has 0 bridgehead atoms. The SMILES string of the molecule is CNCC(C)C(=O)NC(C)c1ccc2[nH]c(=O)[nH]c2c1. The summed E-state index contributed by atoms with van der Waals surface area (Å²) in [6.45, 7) is 4.45. The number of aromatic amines is 2. The first kappa shape index (κ1) is 14.3. The molecule has 0 spiro atoms. The van der Waals surface area contributed by atoms with Crippen molar-refractivity contribution in [1.82, 2.24) is 20.6 Å². The second-order valence-corrected chi connectivity index (χ2v) is 5.07. The van der Waals surface area contributed by atoms with Gasteiger partial charge in [0, 0.05) is 12.5 Å². The molecular weight excluding hydrogens is 256 g/mol. The van der Waals surface area contributed by atoms with E-state index in [-0.39, 0.29) is 23.6 Å². The number of benzene rings is 1. The van der Waals surface area contributed by atoms with Gasteiger partial charge in [0.25, 0.3) is 0 Å². The van der Waals surface area contributed by atoms with Gasteiger partial charge < -0.3 is 20.6 Å². The number of hydrogen-bond donors (Lipinski definition) is 4. The Morgan fingerprint density at radius 3 is 2.65 bits per heavy atom. The van der Waals surface area contributed by atoms with Gasteiger partial charge >= 0.3 is 5.69 Å². The predicted molar refractivity (Wildman–Crippen MR) is 78.6 cm³/mol. The van der Waals surface area contributed by atoms with Crippen LogP contribution in [0.1, 0.15) is 25.5 Å². The molecule has 0 aliphatic carbocycles. The van der Waals surface area contributed by atoms with Crippen molar-refractivity contribution in [2.24, 2.45) is 5.92 Å². The van der Waals surface area contributed by atoms with E-state index in [4.69, 9.17) is 0 Å². The third kappa shape index (κ3) is 3.08. The molecule has 0 saturated heterocycles. The van der Waals surface area contributed by atoms with Crippen molar-refractivity contribution < 1.29 is 4.79 Å². The molecule has 2 unspecified atom stereocenters. The quantitative estimate of drug-likeness (QED) is 0.654. The zero-order valence-corrected chi connectivity index (χ0v) is 11.9. The molecule has 6 nitrogen and oxygen atoms in total. The predicted octanol–water partition coefficient (Wildman–Crippen LogP) is 0.889. The standard InChI is InChI=1S/C14H20N4O2/c1-8(7-15-3)13(19)16-9(2)10-4-5-11-12(6-10)18-14(20)17-11/h4-6,8-9,15H,7H2,1-3H3,(H,16,19)(H2,17,18,20). The maximum atomic E-state index is 12.0. The fourth-order valence-electron chi connectivity index (χ4n) is 2.16. The number of fused-ring (bicyclic) bond motifs is 1. The van der Waals surface area contributed by atoms with Crippen LogP contribution in [-0.2, 0) is 4.79 Å². The largest absolute Gasteiger partial charge is 0.349 e. The van der Waals surface area contributed by atoms with Crippen LogP contribution in [0.4, 0.5) is 0 Å². The first-order valence-electron chi connectivity index (χ1n) is 6.68. The van der Waals surface area contributed by atoms with Gasteiger partial charge in [0.15, 0.2) is 0 Å². The number of H-pyrrole nitrogens is 2. The molecule has 2 atom stereocenters. The van der Waals surface area contributed by atoms with Crippen LogP contribution >= 0.6 is 0 Å². The van der Waals surface area contributed by atoms with E-state index in [1.54, 1.807) is 0 Å². The van der Waals surface area contributed by atoms with Crippen molar-refractivity contribution in [2.45, 2.75) is 19.9 Å². The maximum absolute atomic E-state index is 12.0. The van der Waals surface area contributed by atoms with E-state index >= 15 is 0 Å². The van der Waals surface area contributed by atoms with Gasteiger partial charge in [-0.1, -0.05) is 13.0 Å². The van der Waals surface area contributed by atoms with Gasteiger partial charge in [-0.3, -0.25) is 4.79 Å². The summed E-state index contributed by atoms with van der Waals surface area (Å²) in [7, 11) is 1.82. The van der Waals surface area contributed by atoms with E-state index < -0.39 is 0 Å². The van der Waals surface area contributed by atoms with Crippen molar-refractivity contribution in [3.63, 3.8) is 0 Å². The summed E-state index contributed by atoms with van der Waals surface area (Å²) >= 11 is 0. The summed E-state index contributed by atoms with van der Waals surface area (Å²) in [6.07, 6.45) is 0. The summed E-state index contributed by atoms with van der Waals surface area (Å²) in [5.41, 5.74) is 2.24. The summed E-state index contributed by atoms with van der Waals surface area (Å²) in [6, 6.07) is 5.51. The minimum Gasteiger partial charge on any atom is -0.349 e. The molecule has 1 aromatic heterocycles. The van der Waals surface area contributed by atoms with Gasteiger partial charge in [-0.2, -0.15) is 0 Å². The molecule has 0 fully saturated rings. The number of hydrogen-bond acceptors (Lipinski definition) is 3. The van der Waals surface area contributed by atoms with Crippen LogP contribution in [0.15, 0.2) is 23.0 Å². The van der Waals surface area contributed by atoms with Crippen LogP contribution in [0, 0.1) is 5.92 Å². The first-order valence-corrected chi connectivity index (χ1v) is 6.68. The molecule has 1 amide bonds. The van der Waals surface area contributed by atoms with Crippen molar-refractivity contribution in [3.8, 4) is 0 Å². The molecule has 0 saturated carbocycles. The van der Waals surface area contributed by atoms with Crippen molar-refractivity contribution in [3.05, 3.63) is 34.2 Å². The Bertz CT molecular complexity index is 658. The number of amides is 1. The van der Waals surface area contributed by atoms with Gasteiger partial charge in [0.05, 0.1) is 17.1 Å². The highest BCUT2D eigenvalue weighted by Crippen LogP contribution is 2.17. The van der Waals surface area contributed by atoms with E-state index in [1.165, 1.54) is 0 Å². The lowest BCUT2D eigenvalue weighted by atomic mass is 10.1. The van der Waals surface area contributed by atoms with E-state index in [0.717, 1.165) is 16.6 Å². The van der Waals surface area contributed by atoms with E-state index in [2.05, 4.69) is 20.6 Å². The van der Waals surface area contributed by atoms with Gasteiger partial charge in [-0.25, -0.2) is 4.79 Å². The molecule has 2 aromatic rings. The molecule has 0 radical (unpaired) electrons. The lowest BCUT2D eigenvalue weighted by Crippen LogP contribution is -2.35. The highest BCUT2D eigenvalue weighted by Gasteiger charge is 2.15. The Morgan fingerprint density at radius 2 is 1.95 bits per heavy atom. The van der Waals surface area contributed by atoms with Crippen LogP contribution in [0.25, 0.3) is 11.0 Å². The molecule has 108 valence electrons. The Kier molecular flexibility index (Phi) is 4.24. The van der Waals surface area contributed by atoms with Crippen molar-refractivity contribution in [1.29, 1.82) is 0 Å². The average molecular weight is 276 g/mol. The Labute approximate surface area is 117 Å². The molecule has 6 heteroatoms. The molecule has 2 rings (SSSR count). The average Bonchev–Trinajstić information content (AvgIpc) is 2.77. The Hall–Kier alpha value is -2.08. The first-order chi connectivity index (χ1) is 9.51.